The molecule has 5 aromatic rings. The first-order chi connectivity index (χ1) is 32.8. The number of hydrogen-bond acceptors (Lipinski definition) is 13. The summed E-state index contributed by atoms with van der Waals surface area (Å²) in [6, 6.07) is 19.7. The molecule has 4 fully saturated rings. The number of aromatic nitrogens is 3. The van der Waals surface area contributed by atoms with Crippen LogP contribution in [0.3, 0.4) is 0 Å². The van der Waals surface area contributed by atoms with Crippen molar-refractivity contribution in [3.63, 3.8) is 0 Å². The highest BCUT2D eigenvalue weighted by Crippen LogP contribution is 2.54. The average molecular weight is 966 g/mol. The normalized spacial score (nSPS) is 21.1. The maximum Gasteiger partial charge on any atom is 0.312 e. The number of aromatic amines is 1. The summed E-state index contributed by atoms with van der Waals surface area (Å²) in [5, 5.41) is 16.1. The Kier molecular flexibility index (Phi) is 13.8. The molecule has 2 aliphatic heterocycles. The summed E-state index contributed by atoms with van der Waals surface area (Å²) in [5.74, 6) is 0.688. The number of nitrogens with zero attached hydrogens (tertiary/aromatic N) is 6. The number of benzene rings is 2. The molecule has 2 aliphatic carbocycles. The summed E-state index contributed by atoms with van der Waals surface area (Å²) in [4.78, 5) is 41.8. The second kappa shape index (κ2) is 19.8. The predicted molar refractivity (Wildman–Crippen MR) is 265 cm³/mol. The zero-order valence-electron chi connectivity index (χ0n) is 39.2. The van der Waals surface area contributed by atoms with Crippen LogP contribution in [0.25, 0.3) is 11.0 Å². The molecule has 9 rings (SSSR count). The summed E-state index contributed by atoms with van der Waals surface area (Å²) < 4.78 is 53.6. The number of piperidine rings is 1. The van der Waals surface area contributed by atoms with E-state index in [-0.39, 0.29) is 29.1 Å². The molecule has 16 nitrogen and oxygen atoms in total. The third kappa shape index (κ3) is 10.1. The Morgan fingerprint density at radius 1 is 0.941 bits per heavy atom. The van der Waals surface area contributed by atoms with Crippen molar-refractivity contribution in [2.24, 2.45) is 15.7 Å². The zero-order chi connectivity index (χ0) is 47.6. The van der Waals surface area contributed by atoms with E-state index in [9.17, 15) is 27.5 Å². The lowest BCUT2D eigenvalue weighted by Gasteiger charge is -2.56. The summed E-state index contributed by atoms with van der Waals surface area (Å²) >= 11 is 0. The van der Waals surface area contributed by atoms with Gasteiger partial charge in [-0.15, -0.1) is 0 Å². The quantitative estimate of drug-likeness (QED) is 0.0625. The lowest BCUT2D eigenvalue weighted by atomic mass is 9.59. The Morgan fingerprint density at radius 2 is 1.71 bits per heavy atom. The fourth-order valence-corrected chi connectivity index (χ4v) is 13.4. The van der Waals surface area contributed by atoms with Crippen LogP contribution in [-0.4, -0.2) is 93.1 Å². The smallest absolute Gasteiger partial charge is 0.312 e. The molecule has 1 atom stereocenters. The Bertz CT molecular complexity index is 2880. The molecule has 2 aromatic carbocycles. The lowest BCUT2D eigenvalue weighted by molar-refractivity contribution is -0.384. The average Bonchev–Trinajstić information content (AvgIpc) is 4.03. The van der Waals surface area contributed by atoms with Gasteiger partial charge in [0, 0.05) is 82.4 Å². The van der Waals surface area contributed by atoms with Gasteiger partial charge >= 0.3 is 5.69 Å². The van der Waals surface area contributed by atoms with Gasteiger partial charge in [0.25, 0.3) is 15.9 Å². The molecule has 2 saturated carbocycles. The first-order valence-corrected chi connectivity index (χ1v) is 27.6. The highest BCUT2D eigenvalue weighted by molar-refractivity contribution is 7.93. The number of pyridine rings is 2. The van der Waals surface area contributed by atoms with Gasteiger partial charge in [-0.2, -0.15) is 0 Å². The van der Waals surface area contributed by atoms with Gasteiger partial charge in [0.05, 0.1) is 28.9 Å². The monoisotopic (exact) mass is 965 g/mol. The van der Waals surface area contributed by atoms with Crippen molar-refractivity contribution in [3.05, 3.63) is 106 Å². The van der Waals surface area contributed by atoms with Crippen molar-refractivity contribution in [1.82, 2.24) is 24.6 Å². The summed E-state index contributed by atoms with van der Waals surface area (Å²) in [6.07, 6.45) is 15.4. The number of rotatable bonds is 16. The van der Waals surface area contributed by atoms with Crippen molar-refractivity contribution in [1.29, 1.82) is 0 Å². The molecule has 2 saturated heterocycles. The number of hydrogen-bond donors (Lipinski definition) is 3. The van der Waals surface area contributed by atoms with Crippen LogP contribution in [0.5, 0.6) is 11.5 Å². The molecule has 18 heteroatoms. The fourth-order valence-electron chi connectivity index (χ4n) is 11.1. The summed E-state index contributed by atoms with van der Waals surface area (Å²) in [6.45, 7) is 9.24. The molecule has 1 spiro atoms. The second-order valence-electron chi connectivity index (χ2n) is 19.1. The van der Waals surface area contributed by atoms with Crippen LogP contribution in [0.4, 0.5) is 17.2 Å². The van der Waals surface area contributed by atoms with Gasteiger partial charge in [0.15, 0.2) is 0 Å². The fraction of sp³-hybridized carbons (Fsp3) is 0.500. The molecule has 68 heavy (non-hydrogen) atoms. The van der Waals surface area contributed by atoms with E-state index in [4.69, 9.17) is 4.74 Å². The van der Waals surface area contributed by atoms with Gasteiger partial charge in [-0.05, 0) is 124 Å². The van der Waals surface area contributed by atoms with Crippen LogP contribution in [0.2, 0.25) is 0 Å². The number of likely N-dealkylation sites (tertiary alicyclic amines) is 1. The Morgan fingerprint density at radius 3 is 2.44 bits per heavy atom. The molecule has 3 N–H and O–H groups in total. The number of aryl methyl sites for hydroxylation is 1. The molecule has 4 aliphatic rings. The van der Waals surface area contributed by atoms with Gasteiger partial charge in [-0.3, -0.25) is 19.8 Å². The van der Waals surface area contributed by atoms with Gasteiger partial charge in [0.1, 0.15) is 22.0 Å². The number of ether oxygens (including phenoxy) is 1. The molecule has 1 amide bonds. The van der Waals surface area contributed by atoms with E-state index in [0.29, 0.717) is 46.9 Å². The lowest BCUT2D eigenvalue weighted by Crippen LogP contribution is -2.54. The Hall–Kier alpha value is -5.59. The molecule has 3 aromatic heterocycles. The third-order valence-corrected chi connectivity index (χ3v) is 18.9. The number of sulfonamides is 1. The summed E-state index contributed by atoms with van der Waals surface area (Å²) in [5.41, 5.74) is 4.19. The number of carbonyl (C=O) groups excluding carboxylic acids is 1. The van der Waals surface area contributed by atoms with Crippen LogP contribution in [-0.2, 0) is 26.2 Å². The van der Waals surface area contributed by atoms with Crippen LogP contribution < -0.4 is 19.7 Å². The summed E-state index contributed by atoms with van der Waals surface area (Å²) in [7, 11) is -6.84. The first-order valence-electron chi connectivity index (χ1n) is 24.3. The van der Waals surface area contributed by atoms with Gasteiger partial charge in [0.2, 0.25) is 5.82 Å². The number of H-pyrrole nitrogens is 1. The largest absolute Gasteiger partial charge is 0.455 e. The molecule has 5 heterocycles. The molecule has 362 valence electrons. The highest BCUT2D eigenvalue weighted by atomic mass is 32.2. The highest BCUT2D eigenvalue weighted by Gasteiger charge is 2.50. The van der Waals surface area contributed by atoms with Crippen LogP contribution in [0.1, 0.15) is 113 Å². The van der Waals surface area contributed by atoms with Gasteiger partial charge < -0.3 is 19.9 Å². The van der Waals surface area contributed by atoms with Crippen LogP contribution in [0.15, 0.2) is 88.5 Å². The van der Waals surface area contributed by atoms with E-state index < -0.39 is 41.2 Å². The van der Waals surface area contributed by atoms with Gasteiger partial charge in [-0.1, -0.05) is 45.0 Å². The van der Waals surface area contributed by atoms with Crippen LogP contribution in [0, 0.1) is 21.4 Å². The maximum absolute atomic E-state index is 14.0. The molecule has 0 radical (unpaired) electrons. The van der Waals surface area contributed by atoms with E-state index in [2.05, 4.69) is 70.3 Å². The van der Waals surface area contributed by atoms with Crippen LogP contribution >= 0.6 is 0 Å². The van der Waals surface area contributed by atoms with Crippen molar-refractivity contribution >= 4 is 53.9 Å². The third-order valence-electron chi connectivity index (χ3n) is 15.1. The van der Waals surface area contributed by atoms with E-state index in [1.807, 2.05) is 26.0 Å². The van der Waals surface area contributed by atoms with Crippen molar-refractivity contribution in [2.45, 2.75) is 114 Å². The van der Waals surface area contributed by atoms with Gasteiger partial charge in [-0.25, -0.2) is 31.7 Å². The SMILES string of the molecule is CCc1ccccc1C1CCCN1C1CC2(CCN(c3ccc(C(=O)NS(=O)(=O)c4cnc(NCC5CCC(N=S(=O)(CC)CC)CC5)c([N+](=O)[O-])c4)c(Oc4cnc5[nH]ccc5c4)c3)CC2)C1. The number of amides is 1. The molecular weight excluding hydrogens is 903 g/mol. The van der Waals surface area contributed by atoms with E-state index in [1.54, 1.807) is 24.4 Å². The number of nitro groups is 1. The molecule has 0 bridgehead atoms. The number of anilines is 2. The Labute approximate surface area is 399 Å². The van der Waals surface area contributed by atoms with E-state index in [1.165, 1.54) is 43.0 Å². The Balaban J connectivity index is 0.874. The minimum absolute atomic E-state index is 0.0315. The second-order valence-corrected chi connectivity index (χ2v) is 23.7. The van der Waals surface area contributed by atoms with Crippen molar-refractivity contribution < 1.29 is 27.1 Å². The molecular formula is C50H63N9O7S2. The number of carbonyl (C=O) groups is 1. The minimum Gasteiger partial charge on any atom is -0.455 e. The topological polar surface area (TPSA) is 205 Å². The standard InChI is InChI=1S/C50H63N9O7S2/c1-4-35-10-7-8-11-42(35)44-12-9-23-58(44)39-29-50(30-39)20-24-57(25-21-50)38-17-18-43(46(27-38)66-40-26-36-19-22-51-47(36)53-32-40)49(60)56-68(64,65)41-28-45(59(61)62)48(54-33-41)52-31-34-13-15-37(16-14-34)55-67(63,5-2)6-3/h7-8,10-11,17-19,22,26-28,32-34,37,39,44H,4-6,9,12-16,20-21,23-25,29-31H2,1-3H3,(H,51,53)(H,52,54)(H,56,60). The maximum atomic E-state index is 14.0. The van der Waals surface area contributed by atoms with E-state index in [0.717, 1.165) is 87.9 Å². The minimum atomic E-state index is -4.64. The first kappa shape index (κ1) is 47.5. The zero-order valence-corrected chi connectivity index (χ0v) is 40.8. The number of fused-ring (bicyclic) bond motifs is 1. The predicted octanol–water partition coefficient (Wildman–Crippen LogP) is 9.40. The van der Waals surface area contributed by atoms with Crippen molar-refractivity contribution in [2.75, 3.05) is 47.9 Å². The van der Waals surface area contributed by atoms with Crippen molar-refractivity contribution in [3.8, 4) is 11.5 Å². The van der Waals surface area contributed by atoms with E-state index >= 15 is 0 Å². The molecule has 1 unspecified atom stereocenters. The number of nitrogens with one attached hydrogen (secondary N) is 3.